The number of carbonyl (C=O) groups excluding carboxylic acids is 1. The van der Waals surface area contributed by atoms with Crippen LogP contribution in [0.4, 0.5) is 11.6 Å². The van der Waals surface area contributed by atoms with Gasteiger partial charge < -0.3 is 20.4 Å². The number of carbonyl (C=O) groups is 1. The SMILES string of the molecule is CCOC(=O)CCC(=N)c1ccc(N2CCCCCCC2)nc1NC. The van der Waals surface area contributed by atoms with E-state index >= 15 is 0 Å². The quantitative estimate of drug-likeness (QED) is 0.582. The molecular formula is C19H30N4O2. The van der Waals surface area contributed by atoms with Crippen molar-refractivity contribution in [1.29, 1.82) is 5.41 Å². The van der Waals surface area contributed by atoms with Gasteiger partial charge in [-0.15, -0.1) is 0 Å². The molecule has 1 aliphatic heterocycles. The molecule has 25 heavy (non-hydrogen) atoms. The monoisotopic (exact) mass is 346 g/mol. The van der Waals surface area contributed by atoms with Crippen molar-refractivity contribution < 1.29 is 9.53 Å². The summed E-state index contributed by atoms with van der Waals surface area (Å²) in [6.07, 6.45) is 6.89. The lowest BCUT2D eigenvalue weighted by Crippen LogP contribution is -2.28. The van der Waals surface area contributed by atoms with Gasteiger partial charge in [-0.2, -0.15) is 0 Å². The highest BCUT2D eigenvalue weighted by atomic mass is 16.5. The summed E-state index contributed by atoms with van der Waals surface area (Å²) in [7, 11) is 1.82. The van der Waals surface area contributed by atoms with Gasteiger partial charge in [0.15, 0.2) is 0 Å². The lowest BCUT2D eigenvalue weighted by Gasteiger charge is -2.26. The van der Waals surface area contributed by atoms with Crippen molar-refractivity contribution in [2.75, 3.05) is 37.0 Å². The van der Waals surface area contributed by atoms with E-state index in [0.717, 1.165) is 24.5 Å². The Morgan fingerprint density at radius 1 is 1.20 bits per heavy atom. The predicted molar refractivity (Wildman–Crippen MR) is 102 cm³/mol. The number of hydrogen-bond acceptors (Lipinski definition) is 6. The van der Waals surface area contributed by atoms with Crippen LogP contribution >= 0.6 is 0 Å². The van der Waals surface area contributed by atoms with Crippen molar-refractivity contribution in [3.05, 3.63) is 17.7 Å². The first-order chi connectivity index (χ1) is 12.2. The molecule has 1 aliphatic rings. The summed E-state index contributed by atoms with van der Waals surface area (Å²) in [6, 6.07) is 3.94. The second-order valence-corrected chi connectivity index (χ2v) is 6.35. The fourth-order valence-electron chi connectivity index (χ4n) is 3.13. The van der Waals surface area contributed by atoms with Crippen LogP contribution in [0.5, 0.6) is 0 Å². The van der Waals surface area contributed by atoms with Crippen LogP contribution in [0.3, 0.4) is 0 Å². The van der Waals surface area contributed by atoms with E-state index < -0.39 is 0 Å². The summed E-state index contributed by atoms with van der Waals surface area (Å²) >= 11 is 0. The zero-order valence-electron chi connectivity index (χ0n) is 15.4. The molecule has 0 saturated carbocycles. The van der Waals surface area contributed by atoms with Gasteiger partial charge in [0.05, 0.1) is 13.0 Å². The average Bonchev–Trinajstić information content (AvgIpc) is 2.59. The molecule has 0 spiro atoms. The molecule has 1 aromatic rings. The second-order valence-electron chi connectivity index (χ2n) is 6.35. The Kier molecular flexibility index (Phi) is 7.70. The van der Waals surface area contributed by atoms with Crippen molar-refractivity contribution in [3.63, 3.8) is 0 Å². The van der Waals surface area contributed by atoms with Crippen LogP contribution in [0.15, 0.2) is 12.1 Å². The average molecular weight is 346 g/mol. The van der Waals surface area contributed by atoms with Gasteiger partial charge in [-0.25, -0.2) is 4.98 Å². The van der Waals surface area contributed by atoms with Crippen molar-refractivity contribution in [3.8, 4) is 0 Å². The smallest absolute Gasteiger partial charge is 0.306 e. The van der Waals surface area contributed by atoms with E-state index in [1.807, 2.05) is 19.2 Å². The molecular weight excluding hydrogens is 316 g/mol. The second kappa shape index (κ2) is 10.0. The number of rotatable bonds is 7. The highest BCUT2D eigenvalue weighted by molar-refractivity contribution is 6.03. The van der Waals surface area contributed by atoms with E-state index in [1.165, 1.54) is 32.1 Å². The van der Waals surface area contributed by atoms with Gasteiger partial charge in [-0.05, 0) is 31.9 Å². The van der Waals surface area contributed by atoms with Gasteiger partial charge in [-0.1, -0.05) is 19.3 Å². The highest BCUT2D eigenvalue weighted by Gasteiger charge is 2.15. The highest BCUT2D eigenvalue weighted by Crippen LogP contribution is 2.23. The first-order valence-electron chi connectivity index (χ1n) is 9.33. The van der Waals surface area contributed by atoms with Gasteiger partial charge in [-0.3, -0.25) is 4.79 Å². The minimum absolute atomic E-state index is 0.226. The minimum Gasteiger partial charge on any atom is -0.466 e. The van der Waals surface area contributed by atoms with E-state index in [-0.39, 0.29) is 12.4 Å². The van der Waals surface area contributed by atoms with Gasteiger partial charge >= 0.3 is 5.97 Å². The number of aromatic nitrogens is 1. The molecule has 6 heteroatoms. The standard InChI is InChI=1S/C19H30N4O2/c1-3-25-18(24)12-10-16(20)15-9-11-17(22-19(15)21-2)23-13-7-5-4-6-8-14-23/h9,11,20H,3-8,10,12-14H2,1-2H3,(H,21,22). The van der Waals surface area contributed by atoms with Crippen LogP contribution in [0.25, 0.3) is 0 Å². The molecule has 0 aliphatic carbocycles. The van der Waals surface area contributed by atoms with Crippen LogP contribution in [0, 0.1) is 5.41 Å². The first-order valence-corrected chi connectivity index (χ1v) is 9.33. The van der Waals surface area contributed by atoms with E-state index in [4.69, 9.17) is 15.1 Å². The van der Waals surface area contributed by atoms with Crippen LogP contribution in [-0.4, -0.2) is 43.4 Å². The Hall–Kier alpha value is -2.11. The largest absolute Gasteiger partial charge is 0.466 e. The Labute approximate surface area is 150 Å². The molecule has 0 atom stereocenters. The maximum atomic E-state index is 11.5. The van der Waals surface area contributed by atoms with Crippen LogP contribution < -0.4 is 10.2 Å². The Balaban J connectivity index is 2.07. The van der Waals surface area contributed by atoms with Crippen molar-refractivity contribution >= 4 is 23.3 Å². The number of hydrogen-bond donors (Lipinski definition) is 2. The molecule has 0 bridgehead atoms. The Bertz CT molecular complexity index is 581. The molecule has 2 rings (SSSR count). The summed E-state index contributed by atoms with van der Waals surface area (Å²) < 4.78 is 4.93. The normalized spacial score (nSPS) is 15.2. The molecule has 0 aromatic carbocycles. The van der Waals surface area contributed by atoms with Gasteiger partial charge in [0, 0.05) is 37.8 Å². The van der Waals surface area contributed by atoms with Crippen LogP contribution in [0.1, 0.15) is 57.4 Å². The molecule has 0 amide bonds. The zero-order chi connectivity index (χ0) is 18.1. The number of esters is 1. The van der Waals surface area contributed by atoms with Gasteiger partial charge in [0.1, 0.15) is 11.6 Å². The predicted octanol–water partition coefficient (Wildman–Crippen LogP) is 3.60. The van der Waals surface area contributed by atoms with Crippen molar-refractivity contribution in [2.24, 2.45) is 0 Å². The summed E-state index contributed by atoms with van der Waals surface area (Å²) in [5.74, 6) is 1.41. The molecule has 1 saturated heterocycles. The fraction of sp³-hybridized carbons (Fsp3) is 0.632. The third-order valence-electron chi connectivity index (χ3n) is 4.51. The van der Waals surface area contributed by atoms with E-state index in [2.05, 4.69) is 10.2 Å². The lowest BCUT2D eigenvalue weighted by atomic mass is 10.1. The molecule has 138 valence electrons. The van der Waals surface area contributed by atoms with Crippen LogP contribution in [0.2, 0.25) is 0 Å². The summed E-state index contributed by atoms with van der Waals surface area (Å²) in [5.41, 5.74) is 1.16. The summed E-state index contributed by atoms with van der Waals surface area (Å²) in [6.45, 7) is 4.24. The molecule has 0 radical (unpaired) electrons. The Morgan fingerprint density at radius 2 is 1.88 bits per heavy atom. The zero-order valence-corrected chi connectivity index (χ0v) is 15.4. The topological polar surface area (TPSA) is 78.3 Å². The summed E-state index contributed by atoms with van der Waals surface area (Å²) in [4.78, 5) is 18.6. The van der Waals surface area contributed by atoms with Crippen LogP contribution in [-0.2, 0) is 9.53 Å². The lowest BCUT2D eigenvalue weighted by molar-refractivity contribution is -0.142. The Morgan fingerprint density at radius 3 is 2.52 bits per heavy atom. The number of pyridine rings is 1. The van der Waals surface area contributed by atoms with Crippen molar-refractivity contribution in [2.45, 2.75) is 51.9 Å². The van der Waals surface area contributed by atoms with Gasteiger partial charge in [0.25, 0.3) is 0 Å². The molecule has 2 heterocycles. The number of ether oxygens (including phenoxy) is 1. The number of nitrogens with one attached hydrogen (secondary N) is 2. The third kappa shape index (κ3) is 5.73. The van der Waals surface area contributed by atoms with Crippen molar-refractivity contribution in [1.82, 2.24) is 4.98 Å². The minimum atomic E-state index is -0.261. The number of nitrogens with zero attached hydrogens (tertiary/aromatic N) is 2. The molecule has 2 N–H and O–H groups in total. The van der Waals surface area contributed by atoms with E-state index in [0.29, 0.717) is 24.6 Å². The number of anilines is 2. The fourth-order valence-corrected chi connectivity index (χ4v) is 3.13. The maximum Gasteiger partial charge on any atom is 0.306 e. The molecule has 0 unspecified atom stereocenters. The first kappa shape index (κ1) is 19.2. The molecule has 1 fully saturated rings. The van der Waals surface area contributed by atoms with Gasteiger partial charge in [0.2, 0.25) is 0 Å². The van der Waals surface area contributed by atoms with E-state index in [9.17, 15) is 4.79 Å². The van der Waals surface area contributed by atoms with E-state index in [1.54, 1.807) is 6.92 Å². The molecule has 6 nitrogen and oxygen atoms in total. The maximum absolute atomic E-state index is 11.5. The summed E-state index contributed by atoms with van der Waals surface area (Å²) in [5, 5.41) is 11.4. The third-order valence-corrected chi connectivity index (χ3v) is 4.51. The molecule has 1 aromatic heterocycles.